The average Bonchev–Trinajstić information content (AvgIpc) is 3.34. The summed E-state index contributed by atoms with van der Waals surface area (Å²) in [4.78, 5) is 14.4. The molecule has 3 fully saturated rings. The van der Waals surface area contributed by atoms with Gasteiger partial charge in [0.05, 0.1) is 12.6 Å². The third-order valence-corrected chi connectivity index (χ3v) is 5.45. The number of ether oxygens (including phenoxy) is 1. The van der Waals surface area contributed by atoms with Gasteiger partial charge in [-0.15, -0.1) is 0 Å². The van der Waals surface area contributed by atoms with Crippen molar-refractivity contribution in [1.82, 2.24) is 10.2 Å². The molecule has 0 radical (unpaired) electrons. The summed E-state index contributed by atoms with van der Waals surface area (Å²) in [6.07, 6.45) is 10.2. The Bertz CT molecular complexity index is 357. The maximum atomic E-state index is 12.5. The first-order chi connectivity index (χ1) is 10.2. The van der Waals surface area contributed by atoms with E-state index in [4.69, 9.17) is 4.74 Å². The second-order valence-corrected chi connectivity index (χ2v) is 7.23. The molecule has 2 saturated carbocycles. The van der Waals surface area contributed by atoms with E-state index in [-0.39, 0.29) is 11.9 Å². The fourth-order valence-electron chi connectivity index (χ4n) is 3.80. The molecule has 1 amide bonds. The number of carbonyl (C=O) groups is 1. The molecule has 1 heterocycles. The highest BCUT2D eigenvalue weighted by Crippen LogP contribution is 2.32. The summed E-state index contributed by atoms with van der Waals surface area (Å²) in [6, 6.07) is 0.624. The van der Waals surface area contributed by atoms with E-state index in [1.54, 1.807) is 0 Å². The van der Waals surface area contributed by atoms with E-state index in [9.17, 15) is 4.79 Å². The van der Waals surface area contributed by atoms with Gasteiger partial charge in [0.1, 0.15) is 0 Å². The van der Waals surface area contributed by atoms with Crippen molar-refractivity contribution in [2.24, 2.45) is 11.8 Å². The van der Waals surface area contributed by atoms with Gasteiger partial charge in [0.15, 0.2) is 0 Å². The molecule has 1 N–H and O–H groups in total. The molecule has 21 heavy (non-hydrogen) atoms. The fourth-order valence-corrected chi connectivity index (χ4v) is 3.80. The Morgan fingerprint density at radius 2 is 1.95 bits per heavy atom. The van der Waals surface area contributed by atoms with Gasteiger partial charge in [0.25, 0.3) is 0 Å². The second kappa shape index (κ2) is 7.10. The van der Waals surface area contributed by atoms with Crippen LogP contribution in [0.15, 0.2) is 0 Å². The molecule has 3 rings (SSSR count). The third-order valence-electron chi connectivity index (χ3n) is 5.45. The van der Waals surface area contributed by atoms with Crippen LogP contribution in [0.1, 0.15) is 51.4 Å². The number of hydrogen-bond acceptors (Lipinski definition) is 3. The topological polar surface area (TPSA) is 41.6 Å². The number of rotatable bonds is 6. The number of nitrogens with zero attached hydrogens (tertiary/aromatic N) is 1. The number of nitrogens with one attached hydrogen (secondary N) is 1. The smallest absolute Gasteiger partial charge is 0.239 e. The first kappa shape index (κ1) is 15.3. The molecule has 0 aromatic carbocycles. The van der Waals surface area contributed by atoms with Crippen LogP contribution in [-0.2, 0) is 9.53 Å². The van der Waals surface area contributed by atoms with Gasteiger partial charge in [-0.05, 0) is 50.4 Å². The third kappa shape index (κ3) is 4.19. The Hall–Kier alpha value is -0.610. The molecule has 1 aliphatic heterocycles. The van der Waals surface area contributed by atoms with E-state index in [1.807, 2.05) is 11.9 Å². The summed E-state index contributed by atoms with van der Waals surface area (Å²) in [7, 11) is 1.91. The lowest BCUT2D eigenvalue weighted by molar-refractivity contribution is -0.134. The van der Waals surface area contributed by atoms with E-state index in [0.717, 1.165) is 31.4 Å². The quantitative estimate of drug-likeness (QED) is 0.764. The molecule has 0 aromatic rings. The van der Waals surface area contributed by atoms with Gasteiger partial charge in [-0.1, -0.05) is 12.8 Å². The van der Waals surface area contributed by atoms with E-state index in [1.165, 1.54) is 44.9 Å². The summed E-state index contributed by atoms with van der Waals surface area (Å²) < 4.78 is 5.64. The highest BCUT2D eigenvalue weighted by Gasteiger charge is 2.35. The van der Waals surface area contributed by atoms with Crippen molar-refractivity contribution in [2.75, 3.05) is 26.8 Å². The minimum absolute atomic E-state index is 0.0396. The molecule has 0 spiro atoms. The lowest BCUT2D eigenvalue weighted by Crippen LogP contribution is -2.55. The van der Waals surface area contributed by atoms with Crippen LogP contribution in [0, 0.1) is 11.8 Å². The monoisotopic (exact) mass is 294 g/mol. The number of amides is 1. The van der Waals surface area contributed by atoms with Gasteiger partial charge in [-0.2, -0.15) is 0 Å². The summed E-state index contributed by atoms with van der Waals surface area (Å²) >= 11 is 0. The average molecular weight is 294 g/mol. The number of carbonyl (C=O) groups excluding carboxylic acids is 1. The molecule has 0 aromatic heterocycles. The maximum Gasteiger partial charge on any atom is 0.239 e. The molecule has 2 aliphatic carbocycles. The number of hydrogen-bond donors (Lipinski definition) is 1. The molecule has 3 unspecified atom stereocenters. The molecule has 120 valence electrons. The van der Waals surface area contributed by atoms with Crippen LogP contribution in [0.3, 0.4) is 0 Å². The Morgan fingerprint density at radius 3 is 2.76 bits per heavy atom. The van der Waals surface area contributed by atoms with Crippen molar-refractivity contribution in [3.8, 4) is 0 Å². The normalized spacial score (nSPS) is 32.5. The van der Waals surface area contributed by atoms with E-state index >= 15 is 0 Å². The van der Waals surface area contributed by atoms with Crippen molar-refractivity contribution in [3.05, 3.63) is 0 Å². The van der Waals surface area contributed by atoms with Gasteiger partial charge in [-0.25, -0.2) is 0 Å². The minimum Gasteiger partial charge on any atom is -0.379 e. The van der Waals surface area contributed by atoms with E-state index in [2.05, 4.69) is 5.32 Å². The summed E-state index contributed by atoms with van der Waals surface area (Å²) in [5.74, 6) is 1.87. The molecule has 3 aliphatic rings. The minimum atomic E-state index is 0.0396. The van der Waals surface area contributed by atoms with Crippen molar-refractivity contribution in [1.29, 1.82) is 0 Å². The maximum absolute atomic E-state index is 12.5. The zero-order chi connectivity index (χ0) is 14.7. The number of fused-ring (bicyclic) bond motifs is 1. The highest BCUT2D eigenvalue weighted by molar-refractivity contribution is 5.81. The van der Waals surface area contributed by atoms with Crippen LogP contribution in [0.4, 0.5) is 0 Å². The molecular weight excluding hydrogens is 264 g/mol. The van der Waals surface area contributed by atoms with Crippen LogP contribution in [0.5, 0.6) is 0 Å². The van der Waals surface area contributed by atoms with Gasteiger partial charge in [0, 0.05) is 26.2 Å². The molecule has 0 bridgehead atoms. The highest BCUT2D eigenvalue weighted by atomic mass is 16.5. The van der Waals surface area contributed by atoms with Crippen LogP contribution < -0.4 is 5.32 Å². The Morgan fingerprint density at radius 1 is 1.14 bits per heavy atom. The Balaban J connectivity index is 1.38. The SMILES string of the molecule is CN(CCOCC1CC1)C(=O)C1CCC2CCCCC2N1. The summed E-state index contributed by atoms with van der Waals surface area (Å²) in [6.45, 7) is 2.28. The van der Waals surface area contributed by atoms with Gasteiger partial charge >= 0.3 is 0 Å². The van der Waals surface area contributed by atoms with Crippen molar-refractivity contribution >= 4 is 5.91 Å². The van der Waals surface area contributed by atoms with E-state index in [0.29, 0.717) is 12.6 Å². The second-order valence-electron chi connectivity index (χ2n) is 7.23. The number of likely N-dealkylation sites (N-methyl/N-ethyl adjacent to an activating group) is 1. The van der Waals surface area contributed by atoms with Gasteiger partial charge in [-0.3, -0.25) is 4.79 Å². The van der Waals surface area contributed by atoms with Crippen molar-refractivity contribution < 1.29 is 9.53 Å². The van der Waals surface area contributed by atoms with Gasteiger partial charge in [0.2, 0.25) is 5.91 Å². The standard InChI is InChI=1S/C17H30N2O2/c1-19(10-11-21-12-13-6-7-13)17(20)16-9-8-14-4-2-3-5-15(14)18-16/h13-16,18H,2-12H2,1H3. The fraction of sp³-hybridized carbons (Fsp3) is 0.941. The zero-order valence-electron chi connectivity index (χ0n) is 13.4. The van der Waals surface area contributed by atoms with Crippen molar-refractivity contribution in [3.63, 3.8) is 0 Å². The Labute approximate surface area is 128 Å². The van der Waals surface area contributed by atoms with Crippen LogP contribution in [0.2, 0.25) is 0 Å². The lowest BCUT2D eigenvalue weighted by Gasteiger charge is -2.40. The summed E-state index contributed by atoms with van der Waals surface area (Å²) in [5.41, 5.74) is 0. The van der Waals surface area contributed by atoms with Crippen LogP contribution in [-0.4, -0.2) is 49.7 Å². The first-order valence-corrected chi connectivity index (χ1v) is 8.83. The zero-order valence-corrected chi connectivity index (χ0v) is 13.4. The molecule has 4 nitrogen and oxygen atoms in total. The predicted molar refractivity (Wildman–Crippen MR) is 83.1 cm³/mol. The molecule has 4 heteroatoms. The summed E-state index contributed by atoms with van der Waals surface area (Å²) in [5, 5.41) is 3.62. The van der Waals surface area contributed by atoms with Gasteiger partial charge < -0.3 is 15.0 Å². The predicted octanol–water partition coefficient (Wildman–Crippen LogP) is 2.18. The van der Waals surface area contributed by atoms with Crippen LogP contribution in [0.25, 0.3) is 0 Å². The lowest BCUT2D eigenvalue weighted by atomic mass is 9.77. The molecular formula is C17H30N2O2. The largest absolute Gasteiger partial charge is 0.379 e. The van der Waals surface area contributed by atoms with Crippen LogP contribution >= 0.6 is 0 Å². The molecule has 1 saturated heterocycles. The number of piperidine rings is 1. The van der Waals surface area contributed by atoms with Crippen molar-refractivity contribution in [2.45, 2.75) is 63.5 Å². The molecule has 3 atom stereocenters. The first-order valence-electron chi connectivity index (χ1n) is 8.83. The van der Waals surface area contributed by atoms with E-state index < -0.39 is 0 Å². The Kier molecular flexibility index (Phi) is 5.17.